The Morgan fingerprint density at radius 1 is 1.21 bits per heavy atom. The van der Waals surface area contributed by atoms with Gasteiger partial charge in [-0.2, -0.15) is 0 Å². The number of anilines is 1. The van der Waals surface area contributed by atoms with E-state index >= 15 is 0 Å². The van der Waals surface area contributed by atoms with Crippen LogP contribution >= 0.6 is 0 Å². The van der Waals surface area contributed by atoms with Gasteiger partial charge in [0.05, 0.1) is 24.2 Å². The first kappa shape index (κ1) is 13.4. The van der Waals surface area contributed by atoms with Crippen molar-refractivity contribution in [2.24, 2.45) is 0 Å². The number of aliphatic hydroxyl groups excluding tert-OH is 1. The van der Waals surface area contributed by atoms with Gasteiger partial charge in [0, 0.05) is 0 Å². The van der Waals surface area contributed by atoms with Gasteiger partial charge in [-0.25, -0.2) is 8.78 Å². The normalized spacial score (nSPS) is 13.9. The molecule has 0 saturated carbocycles. The third kappa shape index (κ3) is 2.88. The van der Waals surface area contributed by atoms with Crippen molar-refractivity contribution in [3.05, 3.63) is 59.9 Å². The van der Waals surface area contributed by atoms with Crippen LogP contribution in [0.5, 0.6) is 0 Å². The van der Waals surface area contributed by atoms with E-state index in [0.29, 0.717) is 5.69 Å². The van der Waals surface area contributed by atoms with E-state index < -0.39 is 17.2 Å². The lowest BCUT2D eigenvalue weighted by atomic mass is 9.97. The first-order chi connectivity index (χ1) is 9.05. The number of halogens is 2. The van der Waals surface area contributed by atoms with Gasteiger partial charge in [-0.05, 0) is 31.2 Å². The number of hydrogen-bond donors (Lipinski definition) is 2. The molecule has 1 aromatic heterocycles. The van der Waals surface area contributed by atoms with Gasteiger partial charge in [0.25, 0.3) is 0 Å². The van der Waals surface area contributed by atoms with E-state index in [1.165, 1.54) is 18.2 Å². The third-order valence-electron chi connectivity index (χ3n) is 2.89. The summed E-state index contributed by atoms with van der Waals surface area (Å²) < 4.78 is 26.5. The maximum Gasteiger partial charge on any atom is 0.146 e. The first-order valence-electron chi connectivity index (χ1n) is 5.81. The van der Waals surface area contributed by atoms with Crippen LogP contribution in [0.25, 0.3) is 0 Å². The summed E-state index contributed by atoms with van der Waals surface area (Å²) in [5.41, 5.74) is -0.305. The van der Waals surface area contributed by atoms with Gasteiger partial charge in [-0.15, -0.1) is 0 Å². The van der Waals surface area contributed by atoms with E-state index in [9.17, 15) is 13.9 Å². The van der Waals surface area contributed by atoms with Gasteiger partial charge in [0.2, 0.25) is 0 Å². The van der Waals surface area contributed by atoms with Crippen molar-refractivity contribution in [1.29, 1.82) is 0 Å². The Morgan fingerprint density at radius 3 is 2.53 bits per heavy atom. The minimum atomic E-state index is -0.990. The summed E-state index contributed by atoms with van der Waals surface area (Å²) in [6.07, 6.45) is 1.06. The maximum absolute atomic E-state index is 13.6. The topological polar surface area (TPSA) is 45.1 Å². The summed E-state index contributed by atoms with van der Waals surface area (Å²) in [4.78, 5) is 3.93. The van der Waals surface area contributed by atoms with Crippen LogP contribution in [0.15, 0.2) is 42.6 Å². The number of pyridine rings is 1. The van der Waals surface area contributed by atoms with Gasteiger partial charge in [-0.3, -0.25) is 4.98 Å². The lowest BCUT2D eigenvalue weighted by Gasteiger charge is -2.29. The largest absolute Gasteiger partial charge is 0.394 e. The Hall–Kier alpha value is -2.01. The van der Waals surface area contributed by atoms with Crippen molar-refractivity contribution in [2.45, 2.75) is 12.5 Å². The van der Waals surface area contributed by atoms with E-state index in [0.717, 1.165) is 6.20 Å². The number of para-hydroxylation sites is 1. The quantitative estimate of drug-likeness (QED) is 0.892. The molecule has 0 aliphatic heterocycles. The zero-order valence-corrected chi connectivity index (χ0v) is 10.4. The van der Waals surface area contributed by atoms with Crippen molar-refractivity contribution in [3.8, 4) is 0 Å². The van der Waals surface area contributed by atoms with E-state index in [4.69, 9.17) is 0 Å². The zero-order chi connectivity index (χ0) is 13.9. The van der Waals surface area contributed by atoms with Gasteiger partial charge in [0.1, 0.15) is 17.2 Å². The van der Waals surface area contributed by atoms with Crippen LogP contribution in [-0.4, -0.2) is 16.7 Å². The summed E-state index contributed by atoms with van der Waals surface area (Å²) in [6.45, 7) is 1.36. The smallest absolute Gasteiger partial charge is 0.146 e. The van der Waals surface area contributed by atoms with Gasteiger partial charge in [0.15, 0.2) is 0 Å². The molecule has 100 valence electrons. The molecule has 1 heterocycles. The fourth-order valence-corrected chi connectivity index (χ4v) is 1.75. The molecule has 3 nitrogen and oxygen atoms in total. The van der Waals surface area contributed by atoms with Crippen LogP contribution in [0.1, 0.15) is 12.6 Å². The summed E-state index contributed by atoms with van der Waals surface area (Å²) in [5, 5.41) is 12.4. The summed E-state index contributed by atoms with van der Waals surface area (Å²) >= 11 is 0. The summed E-state index contributed by atoms with van der Waals surface area (Å²) in [5.74, 6) is -0.890. The van der Waals surface area contributed by atoms with Crippen molar-refractivity contribution in [3.63, 3.8) is 0 Å². The second kappa shape index (κ2) is 5.32. The number of rotatable bonds is 4. The van der Waals surface area contributed by atoms with Crippen LogP contribution in [0.4, 0.5) is 14.5 Å². The monoisotopic (exact) mass is 264 g/mol. The highest BCUT2D eigenvalue weighted by atomic mass is 19.1. The average Bonchev–Trinajstić information content (AvgIpc) is 2.42. The van der Waals surface area contributed by atoms with Gasteiger partial charge < -0.3 is 10.4 Å². The molecule has 1 atom stereocenters. The number of benzene rings is 1. The molecule has 0 saturated heterocycles. The molecule has 19 heavy (non-hydrogen) atoms. The van der Waals surface area contributed by atoms with Crippen LogP contribution in [0, 0.1) is 11.6 Å². The van der Waals surface area contributed by atoms with E-state index in [1.807, 2.05) is 0 Å². The highest BCUT2D eigenvalue weighted by Gasteiger charge is 2.28. The molecule has 2 rings (SSSR count). The molecule has 2 N–H and O–H groups in total. The fraction of sp³-hybridized carbons (Fsp3) is 0.214. The highest BCUT2D eigenvalue weighted by Crippen LogP contribution is 2.25. The molecule has 1 unspecified atom stereocenters. The fourth-order valence-electron chi connectivity index (χ4n) is 1.75. The predicted molar refractivity (Wildman–Crippen MR) is 68.7 cm³/mol. The Morgan fingerprint density at radius 2 is 1.95 bits per heavy atom. The molecule has 2 aromatic rings. The number of aromatic nitrogens is 1. The molecule has 0 spiro atoms. The van der Waals surface area contributed by atoms with E-state index in [1.54, 1.807) is 25.1 Å². The number of nitrogens with one attached hydrogen (secondary N) is 1. The molecule has 0 amide bonds. The Kier molecular flexibility index (Phi) is 3.76. The number of hydrogen-bond acceptors (Lipinski definition) is 3. The van der Waals surface area contributed by atoms with Gasteiger partial charge in [-0.1, -0.05) is 12.1 Å². The van der Waals surface area contributed by atoms with E-state index in [-0.39, 0.29) is 12.3 Å². The zero-order valence-electron chi connectivity index (χ0n) is 10.4. The Bertz CT molecular complexity index is 560. The molecule has 0 fully saturated rings. The number of aliphatic hydroxyl groups is 1. The SMILES string of the molecule is CC(CO)(Nc1ccccc1F)c1ccc(F)cn1. The average molecular weight is 264 g/mol. The molecule has 0 radical (unpaired) electrons. The molecule has 1 aromatic carbocycles. The minimum absolute atomic E-state index is 0.255. The van der Waals surface area contributed by atoms with Gasteiger partial charge >= 0.3 is 0 Å². The summed E-state index contributed by atoms with van der Waals surface area (Å²) in [6, 6.07) is 8.85. The van der Waals surface area contributed by atoms with E-state index in [2.05, 4.69) is 10.3 Å². The van der Waals surface area contributed by atoms with Crippen LogP contribution in [0.2, 0.25) is 0 Å². The molecule has 0 aliphatic carbocycles. The molecule has 5 heteroatoms. The second-order valence-electron chi connectivity index (χ2n) is 4.46. The van der Waals surface area contributed by atoms with Crippen LogP contribution < -0.4 is 5.32 Å². The first-order valence-corrected chi connectivity index (χ1v) is 5.81. The second-order valence-corrected chi connectivity index (χ2v) is 4.46. The Labute approximate surface area is 109 Å². The van der Waals surface area contributed by atoms with Crippen LogP contribution in [0.3, 0.4) is 0 Å². The molecule has 0 aliphatic rings. The van der Waals surface area contributed by atoms with Crippen molar-refractivity contribution in [1.82, 2.24) is 4.98 Å². The molecular weight excluding hydrogens is 250 g/mol. The minimum Gasteiger partial charge on any atom is -0.394 e. The standard InChI is InChI=1S/C14H14F2N2O/c1-14(9-19,13-7-6-10(15)8-17-13)18-12-5-3-2-4-11(12)16/h2-8,18-19H,9H2,1H3. The summed E-state index contributed by atoms with van der Waals surface area (Å²) in [7, 11) is 0. The predicted octanol–water partition coefficient (Wildman–Crippen LogP) is 2.68. The maximum atomic E-state index is 13.6. The lowest BCUT2D eigenvalue weighted by Crippen LogP contribution is -2.37. The van der Waals surface area contributed by atoms with Crippen molar-refractivity contribution < 1.29 is 13.9 Å². The molecule has 0 bridgehead atoms. The molecular formula is C14H14F2N2O. The third-order valence-corrected chi connectivity index (χ3v) is 2.89. The van der Waals surface area contributed by atoms with Crippen molar-refractivity contribution in [2.75, 3.05) is 11.9 Å². The Balaban J connectivity index is 2.33. The highest BCUT2D eigenvalue weighted by molar-refractivity contribution is 5.48. The van der Waals surface area contributed by atoms with Crippen LogP contribution in [-0.2, 0) is 5.54 Å². The van der Waals surface area contributed by atoms with Crippen molar-refractivity contribution >= 4 is 5.69 Å². The lowest BCUT2D eigenvalue weighted by molar-refractivity contribution is 0.220. The number of nitrogens with zero attached hydrogens (tertiary/aromatic N) is 1.